The van der Waals surface area contributed by atoms with Gasteiger partial charge in [-0.15, -0.1) is 5.10 Å². The number of nitrogens with one attached hydrogen (secondary N) is 1. The van der Waals surface area contributed by atoms with Crippen molar-refractivity contribution in [3.8, 4) is 0 Å². The van der Waals surface area contributed by atoms with Gasteiger partial charge in [0.15, 0.2) is 5.76 Å². The number of anilines is 1. The van der Waals surface area contributed by atoms with Crippen LogP contribution >= 0.6 is 0 Å². The molecule has 1 fully saturated rings. The van der Waals surface area contributed by atoms with Gasteiger partial charge in [-0.3, -0.25) is 24.6 Å². The lowest BCUT2D eigenvalue weighted by molar-refractivity contribution is -0.139. The minimum absolute atomic E-state index is 0.0633. The third kappa shape index (κ3) is 2.66. The van der Waals surface area contributed by atoms with Gasteiger partial charge in [-0.2, -0.15) is 0 Å². The van der Waals surface area contributed by atoms with E-state index in [4.69, 9.17) is 8.83 Å². The van der Waals surface area contributed by atoms with E-state index in [-0.39, 0.29) is 48.9 Å². The van der Waals surface area contributed by atoms with Gasteiger partial charge in [0.2, 0.25) is 17.7 Å². The van der Waals surface area contributed by atoms with E-state index in [0.29, 0.717) is 0 Å². The molecule has 0 bridgehead atoms. The molecule has 2 aromatic rings. The van der Waals surface area contributed by atoms with Crippen LogP contribution in [0.5, 0.6) is 0 Å². The topological polar surface area (TPSA) is 119 Å². The molecule has 21 heavy (non-hydrogen) atoms. The maximum atomic E-state index is 11.7. The second kappa shape index (κ2) is 5.19. The molecule has 1 aliphatic heterocycles. The molecule has 1 saturated heterocycles. The van der Waals surface area contributed by atoms with Crippen molar-refractivity contribution in [1.29, 1.82) is 0 Å². The van der Waals surface area contributed by atoms with Crippen molar-refractivity contribution in [3.05, 3.63) is 30.0 Å². The number of aromatic nitrogens is 2. The first kappa shape index (κ1) is 13.0. The van der Waals surface area contributed by atoms with E-state index in [0.717, 1.165) is 4.90 Å². The van der Waals surface area contributed by atoms with E-state index in [1.165, 1.54) is 12.3 Å². The molecule has 0 aliphatic carbocycles. The largest absolute Gasteiger partial charge is 0.459 e. The Morgan fingerprint density at radius 2 is 2.05 bits per heavy atom. The summed E-state index contributed by atoms with van der Waals surface area (Å²) in [5.41, 5.74) is 0. The second-order valence-corrected chi connectivity index (χ2v) is 4.31. The summed E-state index contributed by atoms with van der Waals surface area (Å²) in [6, 6.07) is 2.91. The van der Waals surface area contributed by atoms with E-state index in [1.54, 1.807) is 6.07 Å². The van der Waals surface area contributed by atoms with Crippen LogP contribution in [0.4, 0.5) is 6.01 Å². The molecule has 1 N–H and O–H groups in total. The number of hydrogen-bond donors (Lipinski definition) is 1. The number of hydrogen-bond acceptors (Lipinski definition) is 7. The molecule has 3 rings (SSSR count). The van der Waals surface area contributed by atoms with Crippen LogP contribution in [0.25, 0.3) is 0 Å². The van der Waals surface area contributed by atoms with Crippen LogP contribution in [-0.2, 0) is 16.1 Å². The quantitative estimate of drug-likeness (QED) is 0.817. The molecule has 9 nitrogen and oxygen atoms in total. The number of nitrogens with zero attached hydrogens (tertiary/aromatic N) is 3. The second-order valence-electron chi connectivity index (χ2n) is 4.31. The lowest BCUT2D eigenvalue weighted by Crippen LogP contribution is -2.28. The predicted octanol–water partition coefficient (Wildman–Crippen LogP) is 0.564. The smallest absolute Gasteiger partial charge is 0.322 e. The Balaban J connectivity index is 1.65. The lowest BCUT2D eigenvalue weighted by Gasteiger charge is -2.09. The summed E-state index contributed by atoms with van der Waals surface area (Å²) in [6.07, 6.45) is 1.74. The number of furan rings is 1. The third-order valence-electron chi connectivity index (χ3n) is 2.88. The van der Waals surface area contributed by atoms with E-state index in [9.17, 15) is 14.4 Å². The maximum absolute atomic E-state index is 11.7. The van der Waals surface area contributed by atoms with Crippen molar-refractivity contribution in [3.63, 3.8) is 0 Å². The fraction of sp³-hybridized carbons (Fsp3) is 0.250. The molecule has 0 spiro atoms. The van der Waals surface area contributed by atoms with Crippen molar-refractivity contribution in [2.45, 2.75) is 19.4 Å². The van der Waals surface area contributed by atoms with Gasteiger partial charge in [-0.25, -0.2) is 0 Å². The Kier molecular flexibility index (Phi) is 3.22. The lowest BCUT2D eigenvalue weighted by atomic mass is 10.4. The molecule has 0 aromatic carbocycles. The zero-order chi connectivity index (χ0) is 14.8. The number of carbonyl (C=O) groups excluding carboxylic acids is 3. The number of imide groups is 1. The molecular weight excluding hydrogens is 280 g/mol. The van der Waals surface area contributed by atoms with Gasteiger partial charge in [0.1, 0.15) is 6.54 Å². The van der Waals surface area contributed by atoms with Gasteiger partial charge in [-0.1, -0.05) is 5.10 Å². The maximum Gasteiger partial charge on any atom is 0.322 e. The van der Waals surface area contributed by atoms with Crippen LogP contribution < -0.4 is 5.32 Å². The average molecular weight is 290 g/mol. The molecule has 0 radical (unpaired) electrons. The number of carbonyl (C=O) groups is 3. The standard InChI is InChI=1S/C12H10N4O5/c17-9-3-4-10(18)16(9)6-8-14-15-12(21-8)13-11(19)7-2-1-5-20-7/h1-2,5H,3-4,6H2,(H,13,15,19). The Hall–Kier alpha value is -2.97. The first-order valence-electron chi connectivity index (χ1n) is 6.14. The predicted molar refractivity (Wildman–Crippen MR) is 65.8 cm³/mol. The van der Waals surface area contributed by atoms with Crippen LogP contribution in [0.2, 0.25) is 0 Å². The van der Waals surface area contributed by atoms with Crippen molar-refractivity contribution in [2.75, 3.05) is 5.32 Å². The van der Waals surface area contributed by atoms with Crippen molar-refractivity contribution in [2.24, 2.45) is 0 Å². The van der Waals surface area contributed by atoms with Crippen molar-refractivity contribution < 1.29 is 23.2 Å². The van der Waals surface area contributed by atoms with Gasteiger partial charge < -0.3 is 8.83 Å². The van der Waals surface area contributed by atoms with Crippen molar-refractivity contribution >= 4 is 23.7 Å². The number of rotatable bonds is 4. The van der Waals surface area contributed by atoms with Gasteiger partial charge in [0.25, 0.3) is 5.91 Å². The minimum Gasteiger partial charge on any atom is -0.459 e. The molecule has 2 aromatic heterocycles. The van der Waals surface area contributed by atoms with Gasteiger partial charge in [-0.05, 0) is 12.1 Å². The first-order chi connectivity index (χ1) is 10.1. The highest BCUT2D eigenvalue weighted by Crippen LogP contribution is 2.16. The molecule has 0 unspecified atom stereocenters. The van der Waals surface area contributed by atoms with Gasteiger partial charge >= 0.3 is 6.01 Å². The molecule has 0 saturated carbocycles. The van der Waals surface area contributed by atoms with Gasteiger partial charge in [0, 0.05) is 12.8 Å². The van der Waals surface area contributed by atoms with Crippen LogP contribution in [-0.4, -0.2) is 32.8 Å². The molecular formula is C12H10N4O5. The summed E-state index contributed by atoms with van der Waals surface area (Å²) < 4.78 is 10.1. The van der Waals surface area contributed by atoms with E-state index in [2.05, 4.69) is 15.5 Å². The summed E-state index contributed by atoms with van der Waals surface area (Å²) in [4.78, 5) is 35.7. The first-order valence-corrected chi connectivity index (χ1v) is 6.14. The molecule has 3 heterocycles. The average Bonchev–Trinajstić information content (AvgIpc) is 3.17. The van der Waals surface area contributed by atoms with Crippen LogP contribution in [0.1, 0.15) is 29.3 Å². The monoisotopic (exact) mass is 290 g/mol. The van der Waals surface area contributed by atoms with Gasteiger partial charge in [0.05, 0.1) is 6.26 Å². The fourth-order valence-corrected chi connectivity index (χ4v) is 1.87. The van der Waals surface area contributed by atoms with E-state index >= 15 is 0 Å². The molecule has 1 aliphatic rings. The van der Waals surface area contributed by atoms with Crippen LogP contribution in [0, 0.1) is 0 Å². The molecule has 108 valence electrons. The highest BCUT2D eigenvalue weighted by atomic mass is 16.4. The highest BCUT2D eigenvalue weighted by molar-refractivity contribution is 6.02. The van der Waals surface area contributed by atoms with E-state index < -0.39 is 5.91 Å². The Bertz CT molecular complexity index is 674. The number of likely N-dealkylation sites (tertiary alicyclic amines) is 1. The highest BCUT2D eigenvalue weighted by Gasteiger charge is 2.30. The summed E-state index contributed by atoms with van der Waals surface area (Å²) in [5, 5.41) is 9.64. The zero-order valence-corrected chi connectivity index (χ0v) is 10.7. The summed E-state index contributed by atoms with van der Waals surface area (Å²) in [5.74, 6) is -0.935. The zero-order valence-electron chi connectivity index (χ0n) is 10.7. The van der Waals surface area contributed by atoms with Crippen LogP contribution in [0.15, 0.2) is 27.2 Å². The fourth-order valence-electron chi connectivity index (χ4n) is 1.87. The van der Waals surface area contributed by atoms with Crippen molar-refractivity contribution in [1.82, 2.24) is 15.1 Å². The van der Waals surface area contributed by atoms with Crippen LogP contribution in [0.3, 0.4) is 0 Å². The number of amides is 3. The Morgan fingerprint density at radius 3 is 2.71 bits per heavy atom. The summed E-state index contributed by atoms with van der Waals surface area (Å²) >= 11 is 0. The summed E-state index contributed by atoms with van der Waals surface area (Å²) in [6.45, 7) is -0.0959. The normalized spacial score (nSPS) is 14.8. The Morgan fingerprint density at radius 1 is 1.29 bits per heavy atom. The van der Waals surface area contributed by atoms with E-state index in [1.807, 2.05) is 0 Å². The molecule has 9 heteroatoms. The third-order valence-corrected chi connectivity index (χ3v) is 2.88. The molecule has 0 atom stereocenters. The Labute approximate surface area is 117 Å². The molecule has 3 amide bonds. The SMILES string of the molecule is O=C(Nc1nnc(CN2C(=O)CCC2=O)o1)c1ccco1. The minimum atomic E-state index is -0.538. The summed E-state index contributed by atoms with van der Waals surface area (Å²) in [7, 11) is 0.